The molecule has 0 saturated carbocycles. The van der Waals surface area contributed by atoms with Gasteiger partial charge in [-0.05, 0) is 45.6 Å². The van der Waals surface area contributed by atoms with Crippen LogP contribution in [-0.4, -0.2) is 53.0 Å². The van der Waals surface area contributed by atoms with Gasteiger partial charge in [0, 0.05) is 12.6 Å². The maximum atomic E-state index is 4.65. The fraction of sp³-hybridized carbons (Fsp3) is 0.562. The molecule has 0 radical (unpaired) electrons. The van der Waals surface area contributed by atoms with Gasteiger partial charge in [0.2, 0.25) is 0 Å². The Hall–Kier alpha value is -1.39. The maximum absolute atomic E-state index is 4.65. The first-order valence-electron chi connectivity index (χ1n) is 7.55. The van der Waals surface area contributed by atoms with Gasteiger partial charge < -0.3 is 9.88 Å². The third kappa shape index (κ3) is 3.02. The van der Waals surface area contributed by atoms with E-state index in [0.717, 1.165) is 29.9 Å². The summed E-state index contributed by atoms with van der Waals surface area (Å²) in [6.07, 6.45) is 4.04. The average Bonchev–Trinajstić information content (AvgIpc) is 2.83. The number of likely N-dealkylation sites (N-methyl/N-ethyl adjacent to an activating group) is 2. The van der Waals surface area contributed by atoms with Gasteiger partial charge in [-0.3, -0.25) is 4.90 Å². The van der Waals surface area contributed by atoms with E-state index in [4.69, 9.17) is 0 Å². The molecule has 3 rings (SSSR count). The van der Waals surface area contributed by atoms with Crippen molar-refractivity contribution in [2.24, 2.45) is 0 Å². The van der Waals surface area contributed by atoms with Crippen molar-refractivity contribution in [1.82, 2.24) is 19.8 Å². The second-order valence-corrected chi connectivity index (χ2v) is 6.03. The standard InChI is InChI=1S/C16H24N4/c1-19(11-13-7-5-6-10-20(13)2)12-16-17-14-8-3-4-9-15(14)18-16/h3-4,8-9,13H,5-7,10-12H2,1-2H3,(H,17,18). The lowest BCUT2D eigenvalue weighted by atomic mass is 10.0. The van der Waals surface area contributed by atoms with Gasteiger partial charge in [-0.15, -0.1) is 0 Å². The van der Waals surface area contributed by atoms with Gasteiger partial charge >= 0.3 is 0 Å². The van der Waals surface area contributed by atoms with Crippen LogP contribution in [0.1, 0.15) is 25.1 Å². The van der Waals surface area contributed by atoms with Crippen LogP contribution in [0.4, 0.5) is 0 Å². The lowest BCUT2D eigenvalue weighted by molar-refractivity contribution is 0.137. The Labute approximate surface area is 120 Å². The highest BCUT2D eigenvalue weighted by atomic mass is 15.2. The molecule has 1 aromatic carbocycles. The minimum absolute atomic E-state index is 0.693. The van der Waals surface area contributed by atoms with Crippen molar-refractivity contribution in [2.45, 2.75) is 31.8 Å². The number of piperidine rings is 1. The topological polar surface area (TPSA) is 35.2 Å². The first-order chi connectivity index (χ1) is 9.72. The van der Waals surface area contributed by atoms with Gasteiger partial charge in [0.15, 0.2) is 0 Å². The highest BCUT2D eigenvalue weighted by Crippen LogP contribution is 2.17. The third-order valence-corrected chi connectivity index (χ3v) is 4.30. The average molecular weight is 272 g/mol. The molecule has 20 heavy (non-hydrogen) atoms. The summed E-state index contributed by atoms with van der Waals surface area (Å²) in [5.41, 5.74) is 2.19. The molecule has 0 bridgehead atoms. The molecule has 1 unspecified atom stereocenters. The van der Waals surface area contributed by atoms with Crippen LogP contribution >= 0.6 is 0 Å². The van der Waals surface area contributed by atoms with Crippen molar-refractivity contribution in [3.8, 4) is 0 Å². The molecule has 1 fully saturated rings. The molecule has 0 spiro atoms. The highest BCUT2D eigenvalue weighted by Gasteiger charge is 2.20. The van der Waals surface area contributed by atoms with Crippen molar-refractivity contribution < 1.29 is 0 Å². The summed E-state index contributed by atoms with van der Waals surface area (Å²) in [6, 6.07) is 8.92. The van der Waals surface area contributed by atoms with E-state index in [1.54, 1.807) is 0 Å². The number of likely N-dealkylation sites (tertiary alicyclic amines) is 1. The fourth-order valence-electron chi connectivity index (χ4n) is 3.14. The number of hydrogen-bond donors (Lipinski definition) is 1. The molecule has 4 nitrogen and oxygen atoms in total. The van der Waals surface area contributed by atoms with Crippen LogP contribution in [0.3, 0.4) is 0 Å². The Balaban J connectivity index is 1.61. The molecule has 1 N–H and O–H groups in total. The molecule has 2 aromatic rings. The van der Waals surface area contributed by atoms with E-state index in [1.807, 2.05) is 12.1 Å². The van der Waals surface area contributed by atoms with Gasteiger partial charge in [-0.1, -0.05) is 18.6 Å². The minimum atomic E-state index is 0.693. The normalized spacial score (nSPS) is 20.9. The van der Waals surface area contributed by atoms with E-state index in [9.17, 15) is 0 Å². The van der Waals surface area contributed by atoms with Crippen LogP contribution in [0.15, 0.2) is 24.3 Å². The lowest BCUT2D eigenvalue weighted by Crippen LogP contribution is -2.43. The number of benzene rings is 1. The summed E-state index contributed by atoms with van der Waals surface area (Å²) >= 11 is 0. The molecular formula is C16H24N4. The Morgan fingerprint density at radius 1 is 1.35 bits per heavy atom. The second-order valence-electron chi connectivity index (χ2n) is 6.03. The van der Waals surface area contributed by atoms with E-state index in [0.29, 0.717) is 6.04 Å². The maximum Gasteiger partial charge on any atom is 0.121 e. The summed E-state index contributed by atoms with van der Waals surface area (Å²) in [5.74, 6) is 1.06. The summed E-state index contributed by atoms with van der Waals surface area (Å²) in [4.78, 5) is 12.9. The molecule has 0 aliphatic carbocycles. The quantitative estimate of drug-likeness (QED) is 0.928. The summed E-state index contributed by atoms with van der Waals surface area (Å²) < 4.78 is 0. The van der Waals surface area contributed by atoms with Gasteiger partial charge in [0.05, 0.1) is 17.6 Å². The summed E-state index contributed by atoms with van der Waals surface area (Å²) in [6.45, 7) is 3.25. The molecule has 1 saturated heterocycles. The van der Waals surface area contributed by atoms with Gasteiger partial charge in [0.1, 0.15) is 5.82 Å². The largest absolute Gasteiger partial charge is 0.341 e. The van der Waals surface area contributed by atoms with E-state index in [-0.39, 0.29) is 0 Å². The number of aromatic amines is 1. The van der Waals surface area contributed by atoms with E-state index >= 15 is 0 Å². The fourth-order valence-corrected chi connectivity index (χ4v) is 3.14. The zero-order chi connectivity index (χ0) is 13.9. The SMILES string of the molecule is CN(Cc1nc2ccccc2[nH]1)CC1CCCCN1C. The molecule has 0 amide bonds. The number of rotatable bonds is 4. The third-order valence-electron chi connectivity index (χ3n) is 4.30. The molecule has 1 aliphatic rings. The minimum Gasteiger partial charge on any atom is -0.341 e. The number of aromatic nitrogens is 2. The number of para-hydroxylation sites is 2. The first-order valence-corrected chi connectivity index (χ1v) is 7.55. The van der Waals surface area contributed by atoms with E-state index in [1.165, 1.54) is 25.8 Å². The van der Waals surface area contributed by atoms with Gasteiger partial charge in [0.25, 0.3) is 0 Å². The predicted octanol–water partition coefficient (Wildman–Crippen LogP) is 2.48. The summed E-state index contributed by atoms with van der Waals surface area (Å²) in [5, 5.41) is 0. The number of fused-ring (bicyclic) bond motifs is 1. The molecule has 108 valence electrons. The molecule has 1 atom stereocenters. The van der Waals surface area contributed by atoms with Crippen molar-refractivity contribution in [3.63, 3.8) is 0 Å². The van der Waals surface area contributed by atoms with Crippen LogP contribution in [-0.2, 0) is 6.54 Å². The predicted molar refractivity (Wildman–Crippen MR) is 82.7 cm³/mol. The van der Waals surface area contributed by atoms with Gasteiger partial charge in [-0.2, -0.15) is 0 Å². The Bertz CT molecular complexity index is 529. The molecular weight excluding hydrogens is 248 g/mol. The summed E-state index contributed by atoms with van der Waals surface area (Å²) in [7, 11) is 4.44. The van der Waals surface area contributed by atoms with Crippen LogP contribution in [0.25, 0.3) is 11.0 Å². The van der Waals surface area contributed by atoms with Crippen molar-refractivity contribution in [3.05, 3.63) is 30.1 Å². The Morgan fingerprint density at radius 3 is 3.00 bits per heavy atom. The van der Waals surface area contributed by atoms with Crippen molar-refractivity contribution >= 4 is 11.0 Å². The van der Waals surface area contributed by atoms with Crippen molar-refractivity contribution in [2.75, 3.05) is 27.2 Å². The molecule has 2 heterocycles. The van der Waals surface area contributed by atoms with E-state index < -0.39 is 0 Å². The Morgan fingerprint density at radius 2 is 2.20 bits per heavy atom. The molecule has 1 aromatic heterocycles. The van der Waals surface area contributed by atoms with Crippen LogP contribution in [0.5, 0.6) is 0 Å². The van der Waals surface area contributed by atoms with Gasteiger partial charge in [-0.25, -0.2) is 4.98 Å². The number of nitrogens with zero attached hydrogens (tertiary/aromatic N) is 3. The number of H-pyrrole nitrogens is 1. The number of nitrogens with one attached hydrogen (secondary N) is 1. The van der Waals surface area contributed by atoms with Crippen LogP contribution < -0.4 is 0 Å². The highest BCUT2D eigenvalue weighted by molar-refractivity contribution is 5.74. The number of imidazole rings is 1. The monoisotopic (exact) mass is 272 g/mol. The zero-order valence-electron chi connectivity index (χ0n) is 12.5. The second kappa shape index (κ2) is 5.94. The van der Waals surface area contributed by atoms with Crippen LogP contribution in [0, 0.1) is 0 Å². The van der Waals surface area contributed by atoms with E-state index in [2.05, 4.69) is 46.0 Å². The molecule has 4 heteroatoms. The van der Waals surface area contributed by atoms with Crippen LogP contribution in [0.2, 0.25) is 0 Å². The lowest BCUT2D eigenvalue weighted by Gasteiger charge is -2.35. The van der Waals surface area contributed by atoms with Crippen molar-refractivity contribution in [1.29, 1.82) is 0 Å². The smallest absolute Gasteiger partial charge is 0.121 e. The first kappa shape index (κ1) is 13.6. The molecule has 1 aliphatic heterocycles. The number of hydrogen-bond acceptors (Lipinski definition) is 3. The zero-order valence-corrected chi connectivity index (χ0v) is 12.5. The Kier molecular flexibility index (Phi) is 4.03.